The SMILES string of the molecule is C[C@@H]1C[C@H](C)CN(S(=O)(=O)c2ccc(F)c(C(=O)Nc3cccc(Cl)c3)c2)C1. The highest BCUT2D eigenvalue weighted by Gasteiger charge is 2.32. The first kappa shape index (κ1) is 20.8. The maximum absolute atomic E-state index is 14.3. The summed E-state index contributed by atoms with van der Waals surface area (Å²) in [5.74, 6) is -1.05. The molecule has 1 aliphatic heterocycles. The second-order valence-corrected chi connectivity index (χ2v) is 9.75. The Morgan fingerprint density at radius 2 is 1.82 bits per heavy atom. The van der Waals surface area contributed by atoms with Crippen molar-refractivity contribution in [2.24, 2.45) is 11.8 Å². The summed E-state index contributed by atoms with van der Waals surface area (Å²) in [5, 5.41) is 2.96. The van der Waals surface area contributed by atoms with E-state index in [-0.39, 0.29) is 22.3 Å². The fourth-order valence-electron chi connectivity index (χ4n) is 3.55. The predicted octanol–water partition coefficient (Wildman–Crippen LogP) is 4.40. The highest BCUT2D eigenvalue weighted by atomic mass is 35.5. The number of halogens is 2. The minimum atomic E-state index is -3.81. The number of rotatable bonds is 4. The van der Waals surface area contributed by atoms with Crippen LogP contribution in [0.1, 0.15) is 30.6 Å². The maximum atomic E-state index is 14.3. The van der Waals surface area contributed by atoms with E-state index >= 15 is 0 Å². The average Bonchev–Trinajstić information content (AvgIpc) is 2.61. The summed E-state index contributed by atoms with van der Waals surface area (Å²) < 4.78 is 41.7. The lowest BCUT2D eigenvalue weighted by atomic mass is 9.94. The van der Waals surface area contributed by atoms with Crippen LogP contribution in [0.4, 0.5) is 10.1 Å². The maximum Gasteiger partial charge on any atom is 0.258 e. The Kier molecular flexibility index (Phi) is 6.07. The van der Waals surface area contributed by atoms with Gasteiger partial charge in [-0.15, -0.1) is 0 Å². The molecule has 3 rings (SSSR count). The van der Waals surface area contributed by atoms with Crippen LogP contribution in [0.15, 0.2) is 47.4 Å². The quantitative estimate of drug-likeness (QED) is 0.791. The van der Waals surface area contributed by atoms with Gasteiger partial charge in [-0.05, 0) is 54.7 Å². The molecule has 1 aliphatic rings. The van der Waals surface area contributed by atoms with Crippen LogP contribution >= 0.6 is 11.6 Å². The highest BCUT2D eigenvalue weighted by molar-refractivity contribution is 7.89. The van der Waals surface area contributed by atoms with Gasteiger partial charge >= 0.3 is 0 Å². The van der Waals surface area contributed by atoms with Crippen LogP contribution in [0.2, 0.25) is 5.02 Å². The van der Waals surface area contributed by atoms with Gasteiger partial charge in [0.1, 0.15) is 5.82 Å². The number of nitrogens with one attached hydrogen (secondary N) is 1. The molecule has 1 saturated heterocycles. The molecule has 28 heavy (non-hydrogen) atoms. The first-order valence-electron chi connectivity index (χ1n) is 9.03. The van der Waals surface area contributed by atoms with Crippen LogP contribution in [-0.2, 0) is 10.0 Å². The molecule has 0 aromatic heterocycles. The number of carbonyl (C=O) groups is 1. The lowest BCUT2D eigenvalue weighted by Gasteiger charge is -2.34. The molecule has 2 aromatic rings. The Morgan fingerprint density at radius 1 is 1.14 bits per heavy atom. The van der Waals surface area contributed by atoms with Gasteiger partial charge in [0.15, 0.2) is 0 Å². The van der Waals surface area contributed by atoms with Gasteiger partial charge in [0.05, 0.1) is 10.5 Å². The fourth-order valence-corrected chi connectivity index (χ4v) is 5.45. The van der Waals surface area contributed by atoms with Gasteiger partial charge in [-0.2, -0.15) is 4.31 Å². The third-order valence-corrected chi connectivity index (χ3v) is 6.80. The minimum absolute atomic E-state index is 0.0913. The van der Waals surface area contributed by atoms with E-state index in [9.17, 15) is 17.6 Å². The number of hydrogen-bond donors (Lipinski definition) is 1. The van der Waals surface area contributed by atoms with Crippen molar-refractivity contribution in [2.75, 3.05) is 18.4 Å². The second kappa shape index (κ2) is 8.19. The Bertz CT molecular complexity index is 987. The van der Waals surface area contributed by atoms with Gasteiger partial charge in [-0.3, -0.25) is 4.79 Å². The Hall–Kier alpha value is -1.96. The number of sulfonamides is 1. The van der Waals surface area contributed by atoms with Crippen LogP contribution in [-0.4, -0.2) is 31.7 Å². The zero-order chi connectivity index (χ0) is 20.5. The summed E-state index contributed by atoms with van der Waals surface area (Å²) in [6.45, 7) is 4.83. The molecule has 150 valence electrons. The minimum Gasteiger partial charge on any atom is -0.322 e. The Morgan fingerprint density at radius 3 is 2.46 bits per heavy atom. The molecule has 1 fully saturated rings. The van der Waals surface area contributed by atoms with E-state index in [1.54, 1.807) is 18.2 Å². The van der Waals surface area contributed by atoms with Gasteiger partial charge in [-0.1, -0.05) is 31.5 Å². The highest BCUT2D eigenvalue weighted by Crippen LogP contribution is 2.28. The van der Waals surface area contributed by atoms with E-state index in [0.717, 1.165) is 18.6 Å². The van der Waals surface area contributed by atoms with Crippen molar-refractivity contribution in [3.8, 4) is 0 Å². The summed E-state index contributed by atoms with van der Waals surface area (Å²) >= 11 is 5.89. The van der Waals surface area contributed by atoms with Gasteiger partial charge in [-0.25, -0.2) is 12.8 Å². The van der Waals surface area contributed by atoms with Crippen LogP contribution in [0.25, 0.3) is 0 Å². The number of amides is 1. The average molecular weight is 425 g/mol. The largest absolute Gasteiger partial charge is 0.322 e. The van der Waals surface area contributed by atoms with Crippen LogP contribution in [0, 0.1) is 17.7 Å². The van der Waals surface area contributed by atoms with E-state index in [2.05, 4.69) is 5.32 Å². The van der Waals surface area contributed by atoms with E-state index in [1.165, 1.54) is 16.4 Å². The molecule has 0 radical (unpaired) electrons. The second-order valence-electron chi connectivity index (χ2n) is 7.37. The molecular formula is C20H22ClFN2O3S. The van der Waals surface area contributed by atoms with Crippen molar-refractivity contribution < 1.29 is 17.6 Å². The van der Waals surface area contributed by atoms with Crippen molar-refractivity contribution in [3.63, 3.8) is 0 Å². The number of nitrogens with zero attached hydrogens (tertiary/aromatic N) is 1. The van der Waals surface area contributed by atoms with Crippen LogP contribution < -0.4 is 5.32 Å². The molecule has 0 saturated carbocycles. The number of piperidine rings is 1. The molecule has 1 heterocycles. The Labute approximate surface area is 169 Å². The van der Waals surface area contributed by atoms with E-state index < -0.39 is 21.7 Å². The summed E-state index contributed by atoms with van der Waals surface area (Å²) in [6, 6.07) is 9.72. The summed E-state index contributed by atoms with van der Waals surface area (Å²) in [5.41, 5.74) is 0.0583. The lowest BCUT2D eigenvalue weighted by Crippen LogP contribution is -2.42. The summed E-state index contributed by atoms with van der Waals surface area (Å²) in [7, 11) is -3.81. The lowest BCUT2D eigenvalue weighted by molar-refractivity contribution is 0.102. The van der Waals surface area contributed by atoms with Crippen molar-refractivity contribution >= 4 is 33.2 Å². The summed E-state index contributed by atoms with van der Waals surface area (Å²) in [4.78, 5) is 12.4. The number of benzene rings is 2. The van der Waals surface area contributed by atoms with E-state index in [0.29, 0.717) is 23.8 Å². The van der Waals surface area contributed by atoms with E-state index in [1.807, 2.05) is 13.8 Å². The molecule has 5 nitrogen and oxygen atoms in total. The molecular weight excluding hydrogens is 403 g/mol. The van der Waals surface area contributed by atoms with E-state index in [4.69, 9.17) is 11.6 Å². The van der Waals surface area contributed by atoms with Crippen molar-refractivity contribution in [2.45, 2.75) is 25.2 Å². The number of hydrogen-bond acceptors (Lipinski definition) is 3. The fraction of sp³-hybridized carbons (Fsp3) is 0.350. The third kappa shape index (κ3) is 4.54. The van der Waals surface area contributed by atoms with Crippen LogP contribution in [0.3, 0.4) is 0 Å². The number of anilines is 1. The smallest absolute Gasteiger partial charge is 0.258 e. The Balaban J connectivity index is 1.89. The van der Waals surface area contributed by atoms with Crippen molar-refractivity contribution in [3.05, 3.63) is 58.9 Å². The molecule has 0 spiro atoms. The van der Waals surface area contributed by atoms with Crippen LogP contribution in [0.5, 0.6) is 0 Å². The molecule has 1 N–H and O–H groups in total. The van der Waals surface area contributed by atoms with Gasteiger partial charge in [0.25, 0.3) is 5.91 Å². The number of carbonyl (C=O) groups excluding carboxylic acids is 1. The molecule has 0 bridgehead atoms. The first-order chi connectivity index (χ1) is 13.2. The molecule has 8 heteroatoms. The van der Waals surface area contributed by atoms with Crippen molar-refractivity contribution in [1.82, 2.24) is 4.31 Å². The van der Waals surface area contributed by atoms with Crippen molar-refractivity contribution in [1.29, 1.82) is 0 Å². The van der Waals surface area contributed by atoms with Gasteiger partial charge in [0, 0.05) is 23.8 Å². The standard InChI is InChI=1S/C20H22ClFN2O3S/c1-13-8-14(2)12-24(11-13)28(26,27)17-6-7-19(22)18(10-17)20(25)23-16-5-3-4-15(21)9-16/h3-7,9-10,13-14H,8,11-12H2,1-2H3,(H,23,25)/t13-,14+. The molecule has 2 atom stereocenters. The summed E-state index contributed by atoms with van der Waals surface area (Å²) in [6.07, 6.45) is 0.961. The molecule has 0 aliphatic carbocycles. The topological polar surface area (TPSA) is 66.5 Å². The zero-order valence-electron chi connectivity index (χ0n) is 15.7. The monoisotopic (exact) mass is 424 g/mol. The zero-order valence-corrected chi connectivity index (χ0v) is 17.2. The normalized spacial score (nSPS) is 20.7. The van der Waals surface area contributed by atoms with Gasteiger partial charge < -0.3 is 5.32 Å². The predicted molar refractivity (Wildman–Crippen MR) is 108 cm³/mol. The molecule has 0 unspecified atom stereocenters. The van der Waals surface area contributed by atoms with Gasteiger partial charge in [0.2, 0.25) is 10.0 Å². The third-order valence-electron chi connectivity index (χ3n) is 4.74. The molecule has 2 aromatic carbocycles. The molecule has 1 amide bonds. The first-order valence-corrected chi connectivity index (χ1v) is 10.8.